The molecule has 0 aliphatic heterocycles. The minimum atomic E-state index is -0.869. The third-order valence-corrected chi connectivity index (χ3v) is 5.65. The quantitative estimate of drug-likeness (QED) is 0.0663. The van der Waals surface area contributed by atoms with Gasteiger partial charge in [-0.2, -0.15) is 0 Å². The van der Waals surface area contributed by atoms with Gasteiger partial charge in [0.25, 0.3) is 5.91 Å². The third kappa shape index (κ3) is 12.9. The number of carboxylic acid groups (broad SMARTS) is 1. The number of carbonyl (C=O) groups excluding carboxylic acids is 3. The molecule has 3 N–H and O–H groups in total. The number of amides is 1. The molecule has 33 heavy (non-hydrogen) atoms. The van der Waals surface area contributed by atoms with Crippen molar-refractivity contribution < 1.29 is 33.5 Å². The van der Waals surface area contributed by atoms with Gasteiger partial charge in [0.1, 0.15) is 6.29 Å². The summed E-state index contributed by atoms with van der Waals surface area (Å²) in [6.07, 6.45) is 4.07. The van der Waals surface area contributed by atoms with Gasteiger partial charge in [0.15, 0.2) is 6.17 Å². The maximum absolute atomic E-state index is 12.4. The lowest BCUT2D eigenvalue weighted by molar-refractivity contribution is -0.941. The molecule has 2 atom stereocenters. The fourth-order valence-electron chi connectivity index (χ4n) is 3.49. The number of carboxylic acids is 1. The normalized spacial score (nSPS) is 13.0. The Morgan fingerprint density at radius 1 is 1.03 bits per heavy atom. The predicted octanol–water partition coefficient (Wildman–Crippen LogP) is 2.17. The molecule has 0 aliphatic carbocycles. The van der Waals surface area contributed by atoms with Crippen LogP contribution in [0.5, 0.6) is 0 Å². The van der Waals surface area contributed by atoms with Crippen LogP contribution in [0.4, 0.5) is 0 Å². The Kier molecular flexibility index (Phi) is 14.9. The lowest BCUT2D eigenvalue weighted by Gasteiger charge is -2.44. The van der Waals surface area contributed by atoms with E-state index in [0.717, 1.165) is 6.29 Å². The van der Waals surface area contributed by atoms with Crippen molar-refractivity contribution in [3.63, 3.8) is 0 Å². The number of ether oxygens (including phenoxy) is 1. The van der Waals surface area contributed by atoms with Gasteiger partial charge in [-0.1, -0.05) is 13.2 Å². The van der Waals surface area contributed by atoms with Crippen molar-refractivity contribution in [2.75, 3.05) is 33.8 Å². The van der Waals surface area contributed by atoms with E-state index in [0.29, 0.717) is 73.9 Å². The number of esters is 1. The first kappa shape index (κ1) is 30.5. The molecule has 0 aliphatic rings. The largest absolute Gasteiger partial charge is 0.481 e. The SMILES string of the molecule is C=C(C)C(=O)NC(CCNCCCOC(=O)C(=C)C)[N+](C)(C)C(CCCC=O)CCC(=O)O. The zero-order chi connectivity index (χ0) is 25.4. The van der Waals surface area contributed by atoms with Gasteiger partial charge in [0.05, 0.1) is 33.2 Å². The van der Waals surface area contributed by atoms with Crippen molar-refractivity contribution in [1.82, 2.24) is 10.6 Å². The van der Waals surface area contributed by atoms with Crippen molar-refractivity contribution in [3.05, 3.63) is 24.3 Å². The van der Waals surface area contributed by atoms with Gasteiger partial charge in [0.2, 0.25) is 0 Å². The number of hydrogen-bond acceptors (Lipinski definition) is 6. The maximum atomic E-state index is 12.4. The number of aliphatic carboxylic acids is 1. The molecule has 9 nitrogen and oxygen atoms in total. The van der Waals surface area contributed by atoms with Gasteiger partial charge in [-0.15, -0.1) is 0 Å². The van der Waals surface area contributed by atoms with Gasteiger partial charge < -0.3 is 29.8 Å². The van der Waals surface area contributed by atoms with Gasteiger partial charge in [0, 0.05) is 37.0 Å². The van der Waals surface area contributed by atoms with Crippen LogP contribution in [0.1, 0.15) is 58.8 Å². The van der Waals surface area contributed by atoms with E-state index < -0.39 is 11.9 Å². The van der Waals surface area contributed by atoms with Crippen LogP contribution in [0.2, 0.25) is 0 Å². The van der Waals surface area contributed by atoms with Gasteiger partial charge >= 0.3 is 11.9 Å². The van der Waals surface area contributed by atoms with Crippen LogP contribution >= 0.6 is 0 Å². The second-order valence-electron chi connectivity index (χ2n) is 8.89. The van der Waals surface area contributed by atoms with Crippen LogP contribution in [0.15, 0.2) is 24.3 Å². The van der Waals surface area contributed by atoms with Crippen molar-refractivity contribution in [1.29, 1.82) is 0 Å². The molecule has 1 amide bonds. The first-order valence-corrected chi connectivity index (χ1v) is 11.4. The van der Waals surface area contributed by atoms with Crippen molar-refractivity contribution >= 4 is 24.1 Å². The summed E-state index contributed by atoms with van der Waals surface area (Å²) in [5, 5.41) is 15.5. The number of aldehydes is 1. The Balaban J connectivity index is 5.08. The highest BCUT2D eigenvalue weighted by Crippen LogP contribution is 2.23. The molecule has 0 bridgehead atoms. The zero-order valence-electron chi connectivity index (χ0n) is 20.7. The summed E-state index contributed by atoms with van der Waals surface area (Å²) in [6.45, 7) is 12.0. The molecule has 0 saturated carbocycles. The molecule has 2 unspecified atom stereocenters. The summed E-state index contributed by atoms with van der Waals surface area (Å²) in [5.41, 5.74) is 0.764. The Morgan fingerprint density at radius 2 is 1.70 bits per heavy atom. The molecule has 0 aromatic heterocycles. The highest BCUT2D eigenvalue weighted by molar-refractivity contribution is 5.92. The summed E-state index contributed by atoms with van der Waals surface area (Å²) < 4.78 is 5.46. The first-order chi connectivity index (χ1) is 15.4. The molecule has 9 heteroatoms. The van der Waals surface area contributed by atoms with E-state index in [1.807, 2.05) is 14.1 Å². The molecular weight excluding hydrogens is 426 g/mol. The Hall–Kier alpha value is -2.52. The van der Waals surface area contributed by atoms with Crippen molar-refractivity contribution in [2.45, 2.75) is 71.0 Å². The van der Waals surface area contributed by atoms with Gasteiger partial charge in [-0.25, -0.2) is 4.79 Å². The van der Waals surface area contributed by atoms with E-state index in [9.17, 15) is 24.3 Å². The zero-order valence-corrected chi connectivity index (χ0v) is 20.7. The van der Waals surface area contributed by atoms with Crippen molar-refractivity contribution in [2.24, 2.45) is 0 Å². The molecule has 0 aromatic carbocycles. The van der Waals surface area contributed by atoms with Crippen molar-refractivity contribution in [3.8, 4) is 0 Å². The smallest absolute Gasteiger partial charge is 0.333 e. The lowest BCUT2D eigenvalue weighted by atomic mass is 9.99. The van der Waals surface area contributed by atoms with Gasteiger partial charge in [-0.05, 0) is 39.7 Å². The molecule has 0 spiro atoms. The average Bonchev–Trinajstić information content (AvgIpc) is 2.73. The number of nitrogens with zero attached hydrogens (tertiary/aromatic N) is 1. The van der Waals surface area contributed by atoms with Crippen LogP contribution < -0.4 is 10.6 Å². The lowest BCUT2D eigenvalue weighted by Crippen LogP contribution is -2.63. The fraction of sp³-hybridized carbons (Fsp3) is 0.667. The Labute approximate surface area is 197 Å². The van der Waals surface area contributed by atoms with E-state index in [1.165, 1.54) is 0 Å². The number of unbranched alkanes of at least 4 members (excludes halogenated alkanes) is 1. The minimum Gasteiger partial charge on any atom is -0.481 e. The summed E-state index contributed by atoms with van der Waals surface area (Å²) in [6, 6.07) is -0.0435. The minimum absolute atomic E-state index is 0.0236. The second-order valence-corrected chi connectivity index (χ2v) is 8.89. The average molecular weight is 469 g/mol. The van der Waals surface area contributed by atoms with Gasteiger partial charge in [-0.3, -0.25) is 9.59 Å². The Bertz CT molecular complexity index is 690. The highest BCUT2D eigenvalue weighted by atomic mass is 16.5. The molecule has 0 rings (SSSR count). The van der Waals surface area contributed by atoms with E-state index in [2.05, 4.69) is 23.8 Å². The van der Waals surface area contributed by atoms with E-state index in [4.69, 9.17) is 4.74 Å². The van der Waals surface area contributed by atoms with Crippen LogP contribution in [-0.4, -0.2) is 79.7 Å². The molecule has 0 heterocycles. The number of rotatable bonds is 19. The number of carbonyl (C=O) groups is 4. The summed E-state index contributed by atoms with van der Waals surface area (Å²) in [4.78, 5) is 45.8. The second kappa shape index (κ2) is 16.1. The number of quaternary nitrogens is 1. The van der Waals surface area contributed by atoms with E-state index in [-0.39, 0.29) is 24.5 Å². The number of hydrogen-bond donors (Lipinski definition) is 3. The monoisotopic (exact) mass is 468 g/mol. The molecule has 0 radical (unpaired) electrons. The highest BCUT2D eigenvalue weighted by Gasteiger charge is 2.37. The standard InChI is InChI=1S/C24H41N3O6/c1-18(2)23(31)26-21(13-15-25-14-9-17-33-24(32)19(3)4)27(5,6)20(10-7-8-16-28)11-12-22(29)30/h16,20-21,25H,1,3,7-15,17H2,2,4-6H3,(H-,26,29,30,31)/p+1. The molecule has 0 saturated heterocycles. The van der Waals surface area contributed by atoms with Crippen LogP contribution in [0, 0.1) is 0 Å². The maximum Gasteiger partial charge on any atom is 0.333 e. The fourth-order valence-corrected chi connectivity index (χ4v) is 3.49. The summed E-state index contributed by atoms with van der Waals surface area (Å²) in [5.74, 6) is -1.52. The third-order valence-electron chi connectivity index (χ3n) is 5.65. The van der Waals surface area contributed by atoms with Crippen LogP contribution in [-0.2, 0) is 23.9 Å². The molecule has 0 aromatic rings. The summed E-state index contributed by atoms with van der Waals surface area (Å²) >= 11 is 0. The topological polar surface area (TPSA) is 122 Å². The Morgan fingerprint density at radius 3 is 2.24 bits per heavy atom. The molecular formula is C24H42N3O6+. The first-order valence-electron chi connectivity index (χ1n) is 11.4. The predicted molar refractivity (Wildman–Crippen MR) is 127 cm³/mol. The van der Waals surface area contributed by atoms with Crippen LogP contribution in [0.3, 0.4) is 0 Å². The summed E-state index contributed by atoms with van der Waals surface area (Å²) in [7, 11) is 3.96. The molecule has 188 valence electrons. The number of nitrogens with one attached hydrogen (secondary N) is 2. The molecule has 0 fully saturated rings. The van der Waals surface area contributed by atoms with E-state index in [1.54, 1.807) is 13.8 Å². The van der Waals surface area contributed by atoms with Crippen LogP contribution in [0.25, 0.3) is 0 Å². The van der Waals surface area contributed by atoms with E-state index >= 15 is 0 Å².